The molecule has 4 nitrogen and oxygen atoms in total. The molecule has 0 amide bonds. The van der Waals surface area contributed by atoms with E-state index in [1.54, 1.807) is 0 Å². The van der Waals surface area contributed by atoms with Gasteiger partial charge in [0.2, 0.25) is 5.78 Å². The summed E-state index contributed by atoms with van der Waals surface area (Å²) < 4.78 is 0. The van der Waals surface area contributed by atoms with Gasteiger partial charge in [0.05, 0.1) is 11.3 Å². The molecule has 0 saturated carbocycles. The molecule has 5 heteroatoms. The minimum atomic E-state index is -0.164. The molecule has 3 aromatic carbocycles. The SMILES string of the molecule is Cc1ccc(Nc2[nH]c(C(=O)c3ccc(C)cc3)c(N)c2C(=S)Cc2ccccc2)cc1. The van der Waals surface area contributed by atoms with E-state index in [1.165, 1.54) is 0 Å². The van der Waals surface area contributed by atoms with Gasteiger partial charge in [-0.05, 0) is 31.5 Å². The quantitative estimate of drug-likeness (QED) is 0.239. The number of anilines is 3. The summed E-state index contributed by atoms with van der Waals surface area (Å²) >= 11 is 5.80. The smallest absolute Gasteiger partial charge is 0.211 e. The lowest BCUT2D eigenvalue weighted by Crippen LogP contribution is -2.08. The Balaban J connectivity index is 1.74. The molecule has 160 valence electrons. The van der Waals surface area contributed by atoms with Crippen LogP contribution in [0.4, 0.5) is 17.2 Å². The molecule has 0 bridgehead atoms. The van der Waals surface area contributed by atoms with Gasteiger partial charge in [0.1, 0.15) is 11.5 Å². The molecule has 0 radical (unpaired) electrons. The van der Waals surface area contributed by atoms with Crippen molar-refractivity contribution in [2.75, 3.05) is 11.1 Å². The molecular formula is C27H25N3OS. The van der Waals surface area contributed by atoms with Crippen molar-refractivity contribution >= 4 is 40.1 Å². The highest BCUT2D eigenvalue weighted by Gasteiger charge is 2.24. The summed E-state index contributed by atoms with van der Waals surface area (Å²) in [7, 11) is 0. The van der Waals surface area contributed by atoms with Gasteiger partial charge >= 0.3 is 0 Å². The number of carbonyl (C=O) groups excluding carboxylic acids is 1. The van der Waals surface area contributed by atoms with Crippen LogP contribution in [0.2, 0.25) is 0 Å². The number of benzene rings is 3. The van der Waals surface area contributed by atoms with Crippen LogP contribution >= 0.6 is 12.2 Å². The molecule has 0 aliphatic carbocycles. The van der Waals surface area contributed by atoms with Gasteiger partial charge in [-0.1, -0.05) is 90.1 Å². The highest BCUT2D eigenvalue weighted by Crippen LogP contribution is 2.32. The zero-order chi connectivity index (χ0) is 22.7. The van der Waals surface area contributed by atoms with Gasteiger partial charge in [0.25, 0.3) is 0 Å². The summed E-state index contributed by atoms with van der Waals surface area (Å²) in [6.45, 7) is 4.02. The second-order valence-corrected chi connectivity index (χ2v) is 8.43. The lowest BCUT2D eigenvalue weighted by Gasteiger charge is -2.10. The summed E-state index contributed by atoms with van der Waals surface area (Å²) in [5.74, 6) is 0.464. The molecule has 1 aromatic heterocycles. The lowest BCUT2D eigenvalue weighted by molar-refractivity contribution is 0.103. The van der Waals surface area contributed by atoms with Crippen molar-refractivity contribution in [3.8, 4) is 0 Å². The van der Waals surface area contributed by atoms with Crippen molar-refractivity contribution in [1.82, 2.24) is 4.98 Å². The van der Waals surface area contributed by atoms with Gasteiger partial charge in [0.15, 0.2) is 0 Å². The number of hydrogen-bond acceptors (Lipinski definition) is 4. The summed E-state index contributed by atoms with van der Waals surface area (Å²) in [4.78, 5) is 17.1. The van der Waals surface area contributed by atoms with Gasteiger partial charge in [-0.2, -0.15) is 0 Å². The number of aromatic nitrogens is 1. The van der Waals surface area contributed by atoms with E-state index < -0.39 is 0 Å². The van der Waals surface area contributed by atoms with Crippen LogP contribution in [0.15, 0.2) is 78.9 Å². The van der Waals surface area contributed by atoms with E-state index in [0.29, 0.717) is 39.6 Å². The van der Waals surface area contributed by atoms with E-state index >= 15 is 0 Å². The first-order valence-corrected chi connectivity index (χ1v) is 10.9. The number of aromatic amines is 1. The number of ketones is 1. The molecule has 0 aliphatic rings. The van der Waals surface area contributed by atoms with E-state index in [9.17, 15) is 4.79 Å². The average molecular weight is 440 g/mol. The summed E-state index contributed by atoms with van der Waals surface area (Å²) in [5.41, 5.74) is 12.7. The molecule has 0 saturated heterocycles. The zero-order valence-corrected chi connectivity index (χ0v) is 18.9. The topological polar surface area (TPSA) is 70.9 Å². The third kappa shape index (κ3) is 4.63. The van der Waals surface area contributed by atoms with Gasteiger partial charge in [-0.3, -0.25) is 4.79 Å². The Kier molecular flexibility index (Phi) is 6.19. The van der Waals surface area contributed by atoms with Gasteiger partial charge in [0, 0.05) is 22.5 Å². The van der Waals surface area contributed by atoms with Crippen LogP contribution < -0.4 is 11.1 Å². The van der Waals surface area contributed by atoms with Crippen LogP contribution in [0.3, 0.4) is 0 Å². The molecular weight excluding hydrogens is 414 g/mol. The highest BCUT2D eigenvalue weighted by molar-refractivity contribution is 7.80. The van der Waals surface area contributed by atoms with Crippen molar-refractivity contribution in [3.63, 3.8) is 0 Å². The zero-order valence-electron chi connectivity index (χ0n) is 18.1. The van der Waals surface area contributed by atoms with Crippen LogP contribution in [-0.4, -0.2) is 15.6 Å². The minimum Gasteiger partial charge on any atom is -0.396 e. The normalized spacial score (nSPS) is 10.7. The summed E-state index contributed by atoms with van der Waals surface area (Å²) in [5, 5.41) is 3.37. The third-order valence-electron chi connectivity index (χ3n) is 5.39. The molecule has 1 heterocycles. The number of H-pyrrole nitrogens is 1. The van der Waals surface area contributed by atoms with E-state index in [1.807, 2.05) is 92.7 Å². The largest absolute Gasteiger partial charge is 0.396 e. The van der Waals surface area contributed by atoms with Gasteiger partial charge in [-0.15, -0.1) is 0 Å². The third-order valence-corrected chi connectivity index (χ3v) is 5.74. The van der Waals surface area contributed by atoms with E-state index in [4.69, 9.17) is 18.0 Å². The lowest BCUT2D eigenvalue weighted by atomic mass is 10.0. The van der Waals surface area contributed by atoms with Crippen molar-refractivity contribution in [3.05, 3.63) is 112 Å². The van der Waals surface area contributed by atoms with Gasteiger partial charge in [-0.25, -0.2) is 0 Å². The van der Waals surface area contributed by atoms with Crippen LogP contribution in [-0.2, 0) is 6.42 Å². The van der Waals surface area contributed by atoms with Crippen molar-refractivity contribution in [2.24, 2.45) is 0 Å². The Labute approximate surface area is 193 Å². The fourth-order valence-corrected chi connectivity index (χ4v) is 3.96. The second-order valence-electron chi connectivity index (χ2n) is 7.94. The number of thiocarbonyl (C=S) groups is 1. The van der Waals surface area contributed by atoms with Crippen molar-refractivity contribution in [2.45, 2.75) is 20.3 Å². The van der Waals surface area contributed by atoms with Crippen LogP contribution in [0.5, 0.6) is 0 Å². The average Bonchev–Trinajstić information content (AvgIpc) is 3.11. The maximum Gasteiger partial charge on any atom is 0.211 e. The molecule has 0 atom stereocenters. The molecule has 32 heavy (non-hydrogen) atoms. The Hall–Kier alpha value is -3.70. The van der Waals surface area contributed by atoms with E-state index in [0.717, 1.165) is 22.4 Å². The predicted octanol–water partition coefficient (Wildman–Crippen LogP) is 6.15. The Morgan fingerprint density at radius 3 is 2.12 bits per heavy atom. The molecule has 4 N–H and O–H groups in total. The Bertz CT molecular complexity index is 1260. The number of aryl methyl sites for hydroxylation is 2. The molecule has 0 unspecified atom stereocenters. The van der Waals surface area contributed by atoms with E-state index in [-0.39, 0.29) is 5.78 Å². The fraction of sp³-hybridized carbons (Fsp3) is 0.111. The summed E-state index contributed by atoms with van der Waals surface area (Å²) in [6.07, 6.45) is 0.555. The van der Waals surface area contributed by atoms with Crippen molar-refractivity contribution in [1.29, 1.82) is 0 Å². The standard InChI is InChI=1S/C27H25N3OS/c1-17-8-12-20(13-9-17)26(31)25-24(28)23(22(32)16-19-6-4-3-5-7-19)27(30-25)29-21-14-10-18(2)11-15-21/h3-15,29-30H,16,28H2,1-2H3. The predicted molar refractivity (Wildman–Crippen MR) is 136 cm³/mol. The van der Waals surface area contributed by atoms with Gasteiger partial charge < -0.3 is 16.0 Å². The fourth-order valence-electron chi connectivity index (χ4n) is 3.58. The number of nitrogen functional groups attached to an aromatic ring is 1. The second kappa shape index (κ2) is 9.20. The molecule has 0 aliphatic heterocycles. The first-order chi connectivity index (χ1) is 15.4. The maximum absolute atomic E-state index is 13.2. The maximum atomic E-state index is 13.2. The van der Waals surface area contributed by atoms with Crippen LogP contribution in [0, 0.1) is 13.8 Å². The number of hydrogen-bond donors (Lipinski definition) is 3. The number of nitrogens with one attached hydrogen (secondary N) is 2. The molecule has 0 fully saturated rings. The number of nitrogens with two attached hydrogens (primary N) is 1. The van der Waals surface area contributed by atoms with Crippen LogP contribution in [0.1, 0.15) is 38.3 Å². The number of rotatable bonds is 7. The highest BCUT2D eigenvalue weighted by atomic mass is 32.1. The minimum absolute atomic E-state index is 0.164. The first-order valence-electron chi connectivity index (χ1n) is 10.5. The molecule has 4 rings (SSSR count). The van der Waals surface area contributed by atoms with Crippen molar-refractivity contribution < 1.29 is 4.79 Å². The monoisotopic (exact) mass is 439 g/mol. The summed E-state index contributed by atoms with van der Waals surface area (Å²) in [6, 6.07) is 25.5. The number of carbonyl (C=O) groups is 1. The Morgan fingerprint density at radius 1 is 0.906 bits per heavy atom. The van der Waals surface area contributed by atoms with E-state index in [2.05, 4.69) is 10.3 Å². The molecule has 4 aromatic rings. The first kappa shape index (κ1) is 21.5. The molecule has 0 spiro atoms. The van der Waals surface area contributed by atoms with Crippen LogP contribution in [0.25, 0.3) is 0 Å². The Morgan fingerprint density at radius 2 is 1.50 bits per heavy atom.